The van der Waals surface area contributed by atoms with E-state index in [1.165, 1.54) is 0 Å². The Morgan fingerprint density at radius 1 is 1.32 bits per heavy atom. The van der Waals surface area contributed by atoms with Gasteiger partial charge in [-0.3, -0.25) is 4.79 Å². The van der Waals surface area contributed by atoms with E-state index in [-0.39, 0.29) is 17.6 Å². The zero-order valence-electron chi connectivity index (χ0n) is 13.2. The van der Waals surface area contributed by atoms with Crippen molar-refractivity contribution >= 4 is 11.7 Å². The molecule has 1 aromatic rings. The molecule has 0 saturated carbocycles. The molecular formula is C17H25NO4. The standard InChI is InChI=1S/C17H25NO4/c1-3-5-6-7-12-16(21)13-10-11(19)8-9-14(13)18-17(12)22-15(20)4-2/h8-10,12,16-19,21H,3-7H2,1-2H3/t12-,16-,17-/m0/s1. The quantitative estimate of drug-likeness (QED) is 0.427. The van der Waals surface area contributed by atoms with Crippen LogP contribution < -0.4 is 5.32 Å². The molecule has 0 amide bonds. The van der Waals surface area contributed by atoms with E-state index in [1.807, 2.05) is 0 Å². The lowest BCUT2D eigenvalue weighted by atomic mass is 9.85. The van der Waals surface area contributed by atoms with Crippen molar-refractivity contribution < 1.29 is 19.7 Å². The summed E-state index contributed by atoms with van der Waals surface area (Å²) in [6, 6.07) is 4.81. The summed E-state index contributed by atoms with van der Waals surface area (Å²) in [6.07, 6.45) is 2.91. The van der Waals surface area contributed by atoms with E-state index in [9.17, 15) is 15.0 Å². The van der Waals surface area contributed by atoms with Gasteiger partial charge in [0.2, 0.25) is 0 Å². The number of anilines is 1. The normalized spacial score (nSPS) is 23.5. The van der Waals surface area contributed by atoms with Crippen LogP contribution in [-0.4, -0.2) is 22.4 Å². The number of unbranched alkanes of at least 4 members (excludes halogenated alkanes) is 2. The van der Waals surface area contributed by atoms with Gasteiger partial charge in [0.1, 0.15) is 5.75 Å². The van der Waals surface area contributed by atoms with Crippen molar-refractivity contribution in [1.29, 1.82) is 0 Å². The molecule has 1 heterocycles. The third-order valence-electron chi connectivity index (χ3n) is 4.13. The predicted molar refractivity (Wildman–Crippen MR) is 84.5 cm³/mol. The van der Waals surface area contributed by atoms with Gasteiger partial charge in [-0.1, -0.05) is 33.1 Å². The molecule has 0 radical (unpaired) electrons. The fraction of sp³-hybridized carbons (Fsp3) is 0.588. The monoisotopic (exact) mass is 307 g/mol. The van der Waals surface area contributed by atoms with Gasteiger partial charge in [-0.25, -0.2) is 0 Å². The summed E-state index contributed by atoms with van der Waals surface area (Å²) in [4.78, 5) is 11.6. The molecule has 0 unspecified atom stereocenters. The number of carbonyl (C=O) groups excluding carboxylic acids is 1. The minimum atomic E-state index is -0.755. The maximum atomic E-state index is 11.6. The lowest BCUT2D eigenvalue weighted by Crippen LogP contribution is -2.41. The molecule has 0 fully saturated rings. The summed E-state index contributed by atoms with van der Waals surface area (Å²) < 4.78 is 5.47. The number of nitrogens with one attached hydrogen (secondary N) is 1. The molecule has 0 spiro atoms. The molecule has 5 nitrogen and oxygen atoms in total. The minimum Gasteiger partial charge on any atom is -0.508 e. The Balaban J connectivity index is 2.22. The SMILES string of the molecule is CCCCC[C@H]1[C@H](O)c2cc(O)ccc2N[C@H]1OC(=O)CC. The first-order valence-electron chi connectivity index (χ1n) is 8.03. The second-order valence-corrected chi connectivity index (χ2v) is 5.78. The minimum absolute atomic E-state index is 0.121. The van der Waals surface area contributed by atoms with Crippen molar-refractivity contribution in [3.8, 4) is 5.75 Å². The highest BCUT2D eigenvalue weighted by atomic mass is 16.6. The molecule has 0 saturated heterocycles. The van der Waals surface area contributed by atoms with Crippen LogP contribution in [0.3, 0.4) is 0 Å². The maximum absolute atomic E-state index is 11.6. The maximum Gasteiger partial charge on any atom is 0.307 e. The van der Waals surface area contributed by atoms with Crippen LogP contribution in [0.4, 0.5) is 5.69 Å². The van der Waals surface area contributed by atoms with E-state index < -0.39 is 12.3 Å². The molecule has 0 aliphatic carbocycles. The Hall–Kier alpha value is -1.75. The van der Waals surface area contributed by atoms with Crippen molar-refractivity contribution in [2.45, 2.75) is 58.3 Å². The zero-order chi connectivity index (χ0) is 16.1. The van der Waals surface area contributed by atoms with Crippen molar-refractivity contribution in [2.24, 2.45) is 5.92 Å². The number of ether oxygens (including phenoxy) is 1. The molecule has 1 aliphatic rings. The van der Waals surface area contributed by atoms with Gasteiger partial charge < -0.3 is 20.3 Å². The molecule has 3 N–H and O–H groups in total. The van der Waals surface area contributed by atoms with Crippen LogP contribution in [0, 0.1) is 5.92 Å². The second kappa shape index (κ2) is 7.49. The summed E-state index contributed by atoms with van der Waals surface area (Å²) in [5.74, 6) is -0.375. The molecule has 1 aromatic carbocycles. The van der Waals surface area contributed by atoms with Gasteiger partial charge >= 0.3 is 5.97 Å². The van der Waals surface area contributed by atoms with Crippen LogP contribution >= 0.6 is 0 Å². The Morgan fingerprint density at radius 2 is 2.09 bits per heavy atom. The van der Waals surface area contributed by atoms with E-state index in [1.54, 1.807) is 25.1 Å². The fourth-order valence-electron chi connectivity index (χ4n) is 2.86. The smallest absolute Gasteiger partial charge is 0.307 e. The number of benzene rings is 1. The van der Waals surface area contributed by atoms with Gasteiger partial charge in [-0.05, 0) is 24.6 Å². The molecule has 1 aliphatic heterocycles. The number of fused-ring (bicyclic) bond motifs is 1. The number of aliphatic hydroxyl groups excluding tert-OH is 1. The summed E-state index contributed by atoms with van der Waals surface area (Å²) in [7, 11) is 0. The highest BCUT2D eigenvalue weighted by molar-refractivity contribution is 5.70. The topological polar surface area (TPSA) is 78.8 Å². The summed E-state index contributed by atoms with van der Waals surface area (Å²) >= 11 is 0. The van der Waals surface area contributed by atoms with Crippen molar-refractivity contribution in [3.05, 3.63) is 23.8 Å². The number of aromatic hydroxyl groups is 1. The van der Waals surface area contributed by atoms with Crippen LogP contribution in [0.2, 0.25) is 0 Å². The average molecular weight is 307 g/mol. The van der Waals surface area contributed by atoms with Crippen molar-refractivity contribution in [1.82, 2.24) is 0 Å². The zero-order valence-corrected chi connectivity index (χ0v) is 13.2. The second-order valence-electron chi connectivity index (χ2n) is 5.78. The van der Waals surface area contributed by atoms with Crippen LogP contribution in [0.5, 0.6) is 5.75 Å². The first kappa shape index (κ1) is 16.6. The van der Waals surface area contributed by atoms with Crippen molar-refractivity contribution in [3.63, 3.8) is 0 Å². The van der Waals surface area contributed by atoms with Gasteiger partial charge in [0.15, 0.2) is 6.23 Å². The largest absolute Gasteiger partial charge is 0.508 e. The number of phenolic OH excluding ortho intramolecular Hbond substituents is 1. The molecule has 3 atom stereocenters. The van der Waals surface area contributed by atoms with Crippen LogP contribution in [0.25, 0.3) is 0 Å². The Kier molecular flexibility index (Phi) is 5.66. The fourth-order valence-corrected chi connectivity index (χ4v) is 2.86. The lowest BCUT2D eigenvalue weighted by Gasteiger charge is -2.37. The molecule has 22 heavy (non-hydrogen) atoms. The van der Waals surface area contributed by atoms with Gasteiger partial charge in [0, 0.05) is 23.6 Å². The van der Waals surface area contributed by atoms with E-state index in [4.69, 9.17) is 4.74 Å². The summed E-state index contributed by atoms with van der Waals surface area (Å²) in [5, 5.41) is 23.5. The van der Waals surface area contributed by atoms with Crippen LogP contribution in [-0.2, 0) is 9.53 Å². The average Bonchev–Trinajstić information content (AvgIpc) is 2.51. The third-order valence-corrected chi connectivity index (χ3v) is 4.13. The van der Waals surface area contributed by atoms with E-state index in [2.05, 4.69) is 12.2 Å². The number of carbonyl (C=O) groups is 1. The highest BCUT2D eigenvalue weighted by Crippen LogP contribution is 2.41. The number of phenols is 1. The van der Waals surface area contributed by atoms with Crippen molar-refractivity contribution in [2.75, 3.05) is 5.32 Å². The molecule has 5 heteroatoms. The van der Waals surface area contributed by atoms with Gasteiger partial charge in [-0.15, -0.1) is 0 Å². The Morgan fingerprint density at radius 3 is 2.77 bits per heavy atom. The molecule has 2 rings (SSSR count). The number of hydrogen-bond donors (Lipinski definition) is 3. The number of rotatable bonds is 6. The van der Waals surface area contributed by atoms with Gasteiger partial charge in [0.25, 0.3) is 0 Å². The lowest BCUT2D eigenvalue weighted by molar-refractivity contribution is -0.152. The van der Waals surface area contributed by atoms with Crippen LogP contribution in [0.15, 0.2) is 18.2 Å². The number of hydrogen-bond acceptors (Lipinski definition) is 5. The summed E-state index contributed by atoms with van der Waals surface area (Å²) in [5.41, 5.74) is 1.36. The third kappa shape index (κ3) is 3.71. The summed E-state index contributed by atoms with van der Waals surface area (Å²) in [6.45, 7) is 3.87. The first-order valence-corrected chi connectivity index (χ1v) is 8.03. The Bertz CT molecular complexity index is 517. The Labute approximate surface area is 131 Å². The van der Waals surface area contributed by atoms with Gasteiger partial charge in [-0.2, -0.15) is 0 Å². The van der Waals surface area contributed by atoms with E-state index >= 15 is 0 Å². The number of aliphatic hydroxyl groups is 1. The highest BCUT2D eigenvalue weighted by Gasteiger charge is 2.37. The first-order chi connectivity index (χ1) is 10.6. The molecule has 0 bridgehead atoms. The van der Waals surface area contributed by atoms with Gasteiger partial charge in [0.05, 0.1) is 6.10 Å². The molecular weight excluding hydrogens is 282 g/mol. The molecule has 0 aromatic heterocycles. The van der Waals surface area contributed by atoms with E-state index in [0.29, 0.717) is 17.7 Å². The van der Waals surface area contributed by atoms with E-state index in [0.717, 1.165) is 25.7 Å². The molecule has 122 valence electrons. The number of esters is 1. The predicted octanol–water partition coefficient (Wildman–Crippen LogP) is 3.33. The van der Waals surface area contributed by atoms with Crippen LogP contribution in [0.1, 0.15) is 57.6 Å².